The highest BCUT2D eigenvalue weighted by Gasteiger charge is 2.29. The molecule has 96 valence electrons. The van der Waals surface area contributed by atoms with E-state index >= 15 is 0 Å². The average Bonchev–Trinajstić information content (AvgIpc) is 2.12. The molecule has 0 spiro atoms. The van der Waals surface area contributed by atoms with Crippen molar-refractivity contribution in [2.75, 3.05) is 19.8 Å². The molecule has 0 aromatic heterocycles. The van der Waals surface area contributed by atoms with Crippen molar-refractivity contribution in [3.8, 4) is 0 Å². The maximum absolute atomic E-state index is 11.6. The number of halogens is 3. The summed E-state index contributed by atoms with van der Waals surface area (Å²) in [4.78, 5) is 10.7. The molecule has 0 bridgehead atoms. The number of carbonyl (C=O) groups excluding carboxylic acids is 1. The van der Waals surface area contributed by atoms with Crippen molar-refractivity contribution in [2.24, 2.45) is 0 Å². The molecule has 1 N–H and O–H groups in total. The molecule has 0 rings (SSSR count). The topological polar surface area (TPSA) is 47.6 Å². The van der Waals surface area contributed by atoms with Crippen LogP contribution in [0.15, 0.2) is 0 Å². The van der Waals surface area contributed by atoms with Gasteiger partial charge in [-0.15, -0.1) is 0 Å². The summed E-state index contributed by atoms with van der Waals surface area (Å²) in [6.07, 6.45) is -4.93. The van der Waals surface area contributed by atoms with E-state index in [2.05, 4.69) is 10.1 Å². The highest BCUT2D eigenvalue weighted by Crippen LogP contribution is 2.14. The summed E-state index contributed by atoms with van der Waals surface area (Å²) in [6, 6.07) is 0. The van der Waals surface area contributed by atoms with E-state index in [0.29, 0.717) is 13.0 Å². The second-order valence-corrected chi connectivity index (χ2v) is 3.39. The van der Waals surface area contributed by atoms with Crippen molar-refractivity contribution in [1.82, 2.24) is 5.32 Å². The highest BCUT2D eigenvalue weighted by molar-refractivity contribution is 5.67. The van der Waals surface area contributed by atoms with Gasteiger partial charge < -0.3 is 14.8 Å². The fourth-order valence-electron chi connectivity index (χ4n) is 0.780. The molecule has 0 aromatic carbocycles. The number of hydrogen-bond acceptors (Lipinski definition) is 3. The van der Waals surface area contributed by atoms with Crippen LogP contribution < -0.4 is 5.32 Å². The van der Waals surface area contributed by atoms with Crippen LogP contribution >= 0.6 is 0 Å². The molecule has 0 fully saturated rings. The van der Waals surface area contributed by atoms with Gasteiger partial charge in [-0.1, -0.05) is 0 Å². The van der Waals surface area contributed by atoms with Gasteiger partial charge in [0, 0.05) is 13.2 Å². The first kappa shape index (κ1) is 15.0. The standard InChI is InChI=1S/C9H16F3NO3/c1-7(2)15-5-3-4-13-8(14)16-6-9(10,11)12/h7H,3-6H2,1-2H3,(H,13,14). The van der Waals surface area contributed by atoms with E-state index in [9.17, 15) is 18.0 Å². The summed E-state index contributed by atoms with van der Waals surface area (Å²) in [5.41, 5.74) is 0. The van der Waals surface area contributed by atoms with Gasteiger partial charge >= 0.3 is 12.3 Å². The van der Waals surface area contributed by atoms with Gasteiger partial charge in [-0.2, -0.15) is 13.2 Å². The summed E-state index contributed by atoms with van der Waals surface area (Å²) >= 11 is 0. The average molecular weight is 243 g/mol. The maximum Gasteiger partial charge on any atom is 0.422 e. The molecular weight excluding hydrogens is 227 g/mol. The lowest BCUT2D eigenvalue weighted by Gasteiger charge is -2.10. The smallest absolute Gasteiger partial charge is 0.422 e. The third kappa shape index (κ3) is 11.1. The molecule has 0 saturated carbocycles. The predicted molar refractivity (Wildman–Crippen MR) is 51.1 cm³/mol. The minimum absolute atomic E-state index is 0.0946. The van der Waals surface area contributed by atoms with Crippen LogP contribution in [0.3, 0.4) is 0 Å². The Kier molecular flexibility index (Phi) is 6.87. The van der Waals surface area contributed by atoms with Crippen LogP contribution in [0.1, 0.15) is 20.3 Å². The Balaban J connectivity index is 3.38. The molecular formula is C9H16F3NO3. The van der Waals surface area contributed by atoms with Crippen molar-refractivity contribution < 1.29 is 27.4 Å². The molecule has 0 radical (unpaired) electrons. The molecule has 0 aromatic rings. The van der Waals surface area contributed by atoms with Gasteiger partial charge in [0.25, 0.3) is 0 Å². The van der Waals surface area contributed by atoms with E-state index in [4.69, 9.17) is 4.74 Å². The van der Waals surface area contributed by atoms with Gasteiger partial charge in [-0.25, -0.2) is 4.79 Å². The normalized spacial score (nSPS) is 11.6. The first-order valence-electron chi connectivity index (χ1n) is 4.90. The zero-order valence-electron chi connectivity index (χ0n) is 9.26. The van der Waals surface area contributed by atoms with Crippen LogP contribution in [0.5, 0.6) is 0 Å². The van der Waals surface area contributed by atoms with Crippen molar-refractivity contribution in [1.29, 1.82) is 0 Å². The van der Waals surface area contributed by atoms with Gasteiger partial charge in [0.15, 0.2) is 6.61 Å². The van der Waals surface area contributed by atoms with E-state index in [1.54, 1.807) is 0 Å². The summed E-state index contributed by atoms with van der Waals surface area (Å²) in [5.74, 6) is 0. The van der Waals surface area contributed by atoms with Gasteiger partial charge in [0.1, 0.15) is 0 Å². The molecule has 0 unspecified atom stereocenters. The Bertz CT molecular complexity index is 207. The summed E-state index contributed by atoms with van der Waals surface area (Å²) in [6.45, 7) is 2.83. The van der Waals surface area contributed by atoms with E-state index in [1.807, 2.05) is 13.8 Å². The van der Waals surface area contributed by atoms with E-state index < -0.39 is 18.9 Å². The number of rotatable bonds is 6. The van der Waals surface area contributed by atoms with Crippen LogP contribution in [-0.2, 0) is 9.47 Å². The van der Waals surface area contributed by atoms with Crippen LogP contribution in [0.4, 0.5) is 18.0 Å². The quantitative estimate of drug-likeness (QED) is 0.726. The van der Waals surface area contributed by atoms with E-state index in [-0.39, 0.29) is 12.6 Å². The van der Waals surface area contributed by atoms with Gasteiger partial charge in [0.05, 0.1) is 6.10 Å². The molecule has 0 aliphatic heterocycles. The maximum atomic E-state index is 11.6. The van der Waals surface area contributed by atoms with Crippen molar-refractivity contribution in [3.63, 3.8) is 0 Å². The summed E-state index contributed by atoms with van der Waals surface area (Å²) in [5, 5.41) is 2.19. The Labute approximate surface area is 92.1 Å². The number of amides is 1. The predicted octanol–water partition coefficient (Wildman–Crippen LogP) is 2.09. The molecule has 16 heavy (non-hydrogen) atoms. The van der Waals surface area contributed by atoms with Crippen molar-refractivity contribution in [2.45, 2.75) is 32.5 Å². The van der Waals surface area contributed by atoms with Gasteiger partial charge in [0.2, 0.25) is 0 Å². The van der Waals surface area contributed by atoms with Crippen LogP contribution in [0.2, 0.25) is 0 Å². The summed E-state index contributed by atoms with van der Waals surface area (Å²) < 4.78 is 44.0. The monoisotopic (exact) mass is 243 g/mol. The lowest BCUT2D eigenvalue weighted by molar-refractivity contribution is -0.160. The molecule has 7 heteroatoms. The third-order valence-corrected chi connectivity index (χ3v) is 1.41. The molecule has 1 amide bonds. The number of carbonyl (C=O) groups is 1. The van der Waals surface area contributed by atoms with E-state index in [1.165, 1.54) is 0 Å². The molecule has 0 saturated heterocycles. The summed E-state index contributed by atoms with van der Waals surface area (Å²) in [7, 11) is 0. The molecule has 4 nitrogen and oxygen atoms in total. The first-order chi connectivity index (χ1) is 7.31. The third-order valence-electron chi connectivity index (χ3n) is 1.41. The lowest BCUT2D eigenvalue weighted by atomic mass is 10.4. The SMILES string of the molecule is CC(C)OCCCNC(=O)OCC(F)(F)F. The van der Waals surface area contributed by atoms with Crippen molar-refractivity contribution in [3.05, 3.63) is 0 Å². The van der Waals surface area contributed by atoms with Gasteiger partial charge in [-0.3, -0.25) is 0 Å². The highest BCUT2D eigenvalue weighted by atomic mass is 19.4. The second-order valence-electron chi connectivity index (χ2n) is 3.39. The van der Waals surface area contributed by atoms with Gasteiger partial charge in [-0.05, 0) is 20.3 Å². The molecule has 0 atom stereocenters. The number of alkyl carbamates (subject to hydrolysis) is 1. The fraction of sp³-hybridized carbons (Fsp3) is 0.889. The Morgan fingerprint density at radius 3 is 2.50 bits per heavy atom. The zero-order chi connectivity index (χ0) is 12.6. The molecule has 0 aliphatic rings. The minimum atomic E-state index is -4.49. The van der Waals surface area contributed by atoms with E-state index in [0.717, 1.165) is 0 Å². The number of ether oxygens (including phenoxy) is 2. The van der Waals surface area contributed by atoms with Crippen LogP contribution in [0, 0.1) is 0 Å². The Hall–Kier alpha value is -0.980. The molecule has 0 heterocycles. The largest absolute Gasteiger partial charge is 0.440 e. The second kappa shape index (κ2) is 7.32. The van der Waals surface area contributed by atoms with Crippen molar-refractivity contribution >= 4 is 6.09 Å². The minimum Gasteiger partial charge on any atom is -0.440 e. The Morgan fingerprint density at radius 2 is 2.00 bits per heavy atom. The first-order valence-corrected chi connectivity index (χ1v) is 4.90. The lowest BCUT2D eigenvalue weighted by Crippen LogP contribution is -2.30. The van der Waals surface area contributed by atoms with Crippen LogP contribution in [-0.4, -0.2) is 38.1 Å². The zero-order valence-corrected chi connectivity index (χ0v) is 9.26. The Morgan fingerprint density at radius 1 is 1.38 bits per heavy atom. The number of hydrogen-bond donors (Lipinski definition) is 1. The van der Waals surface area contributed by atoms with Crippen LogP contribution in [0.25, 0.3) is 0 Å². The fourth-order valence-corrected chi connectivity index (χ4v) is 0.780. The number of alkyl halides is 3. The number of nitrogens with one attached hydrogen (secondary N) is 1. The molecule has 0 aliphatic carbocycles.